The molecule has 1 aliphatic carbocycles. The minimum absolute atomic E-state index is 0.146. The van der Waals surface area contributed by atoms with Crippen molar-refractivity contribution >= 4 is 11.8 Å². The summed E-state index contributed by atoms with van der Waals surface area (Å²) in [6, 6.07) is 3.84. The topological polar surface area (TPSA) is 56.4 Å². The second-order valence-electron chi connectivity index (χ2n) is 6.41. The van der Waals surface area contributed by atoms with Gasteiger partial charge in [0.1, 0.15) is 0 Å². The minimum Gasteiger partial charge on any atom is -0.365 e. The maximum Gasteiger partial charge on any atom is 0.228 e. The van der Waals surface area contributed by atoms with Gasteiger partial charge in [-0.15, -0.1) is 0 Å². The van der Waals surface area contributed by atoms with Crippen LogP contribution < -0.4 is 0 Å². The lowest BCUT2D eigenvalue weighted by atomic mass is 9.88. The van der Waals surface area contributed by atoms with E-state index in [1.165, 1.54) is 19.3 Å². The third-order valence-electron chi connectivity index (χ3n) is 4.90. The Morgan fingerprint density at radius 3 is 2.36 bits per heavy atom. The second kappa shape index (κ2) is 6.99. The van der Waals surface area contributed by atoms with Gasteiger partial charge in [-0.05, 0) is 25.0 Å². The molecule has 22 heavy (non-hydrogen) atoms. The Labute approximate surface area is 131 Å². The summed E-state index contributed by atoms with van der Waals surface area (Å²) in [4.78, 5) is 31.7. The molecule has 5 heteroatoms. The Bertz CT molecular complexity index is 498. The summed E-state index contributed by atoms with van der Waals surface area (Å²) in [6.07, 6.45) is 7.99. The van der Waals surface area contributed by atoms with Crippen LogP contribution in [0.4, 0.5) is 0 Å². The summed E-state index contributed by atoms with van der Waals surface area (Å²) in [5.74, 6) is 0.693. The van der Waals surface area contributed by atoms with Crippen LogP contribution in [0.1, 0.15) is 37.8 Å². The molecule has 1 saturated heterocycles. The first kappa shape index (κ1) is 15.1. The van der Waals surface area contributed by atoms with Gasteiger partial charge in [0.15, 0.2) is 0 Å². The van der Waals surface area contributed by atoms with E-state index in [1.54, 1.807) is 0 Å². The highest BCUT2D eigenvalue weighted by molar-refractivity contribution is 5.81. The Morgan fingerprint density at radius 1 is 1.05 bits per heavy atom. The van der Waals surface area contributed by atoms with Crippen LogP contribution in [0.3, 0.4) is 0 Å². The van der Waals surface area contributed by atoms with E-state index in [9.17, 15) is 9.59 Å². The van der Waals surface area contributed by atoms with Crippen molar-refractivity contribution in [1.29, 1.82) is 0 Å². The molecule has 1 aromatic rings. The summed E-state index contributed by atoms with van der Waals surface area (Å²) < 4.78 is 0. The van der Waals surface area contributed by atoms with Gasteiger partial charge >= 0.3 is 0 Å². The Morgan fingerprint density at radius 2 is 1.73 bits per heavy atom. The Balaban J connectivity index is 1.47. The summed E-state index contributed by atoms with van der Waals surface area (Å²) in [7, 11) is 0. The predicted octanol–water partition coefficient (Wildman–Crippen LogP) is 1.81. The van der Waals surface area contributed by atoms with E-state index in [4.69, 9.17) is 0 Å². The maximum absolute atomic E-state index is 12.5. The average Bonchev–Trinajstić information content (AvgIpc) is 3.08. The van der Waals surface area contributed by atoms with Gasteiger partial charge in [-0.2, -0.15) is 0 Å². The number of aromatic amines is 1. The lowest BCUT2D eigenvalue weighted by Gasteiger charge is -2.37. The number of carbonyl (C=O) groups excluding carboxylic acids is 2. The van der Waals surface area contributed by atoms with E-state index >= 15 is 0 Å². The molecule has 2 amide bonds. The molecule has 5 nitrogen and oxygen atoms in total. The number of amides is 2. The van der Waals surface area contributed by atoms with Gasteiger partial charge in [-0.1, -0.05) is 19.3 Å². The molecule has 1 saturated carbocycles. The number of piperazine rings is 1. The summed E-state index contributed by atoms with van der Waals surface area (Å²) in [6.45, 7) is 2.70. The fraction of sp³-hybridized carbons (Fsp3) is 0.647. The maximum atomic E-state index is 12.5. The molecule has 2 aliphatic rings. The number of hydrogen-bond acceptors (Lipinski definition) is 2. The van der Waals surface area contributed by atoms with Gasteiger partial charge in [0.2, 0.25) is 11.8 Å². The van der Waals surface area contributed by atoms with Crippen LogP contribution in [-0.2, 0) is 16.0 Å². The van der Waals surface area contributed by atoms with E-state index in [1.807, 2.05) is 28.1 Å². The van der Waals surface area contributed by atoms with Crippen LogP contribution in [0.25, 0.3) is 0 Å². The number of nitrogens with zero attached hydrogens (tertiary/aromatic N) is 2. The molecule has 0 bridgehead atoms. The summed E-state index contributed by atoms with van der Waals surface area (Å²) >= 11 is 0. The van der Waals surface area contributed by atoms with Crippen LogP contribution in [-0.4, -0.2) is 52.8 Å². The van der Waals surface area contributed by atoms with E-state index in [0.717, 1.165) is 18.5 Å². The minimum atomic E-state index is 0.146. The zero-order valence-electron chi connectivity index (χ0n) is 13.1. The highest BCUT2D eigenvalue weighted by Crippen LogP contribution is 2.25. The van der Waals surface area contributed by atoms with Crippen LogP contribution in [0, 0.1) is 5.92 Å². The largest absolute Gasteiger partial charge is 0.365 e. The SMILES string of the molecule is O=C(Cc1ccc[nH]1)N1CCN(C(=O)C2CCCCC2)CC1. The first-order valence-corrected chi connectivity index (χ1v) is 8.43. The molecule has 0 unspecified atom stereocenters. The summed E-state index contributed by atoms with van der Waals surface area (Å²) in [5.41, 5.74) is 0.950. The predicted molar refractivity (Wildman–Crippen MR) is 84.2 cm³/mol. The van der Waals surface area contributed by atoms with Crippen LogP contribution in [0.15, 0.2) is 18.3 Å². The quantitative estimate of drug-likeness (QED) is 0.926. The van der Waals surface area contributed by atoms with E-state index in [-0.39, 0.29) is 11.8 Å². The van der Waals surface area contributed by atoms with Crippen LogP contribution in [0.2, 0.25) is 0 Å². The van der Waals surface area contributed by atoms with Crippen molar-refractivity contribution in [3.8, 4) is 0 Å². The molecule has 120 valence electrons. The Kier molecular flexibility index (Phi) is 4.80. The number of carbonyl (C=O) groups is 2. The average molecular weight is 303 g/mol. The number of hydrogen-bond donors (Lipinski definition) is 1. The molecule has 1 aliphatic heterocycles. The Hall–Kier alpha value is -1.78. The molecule has 0 aromatic carbocycles. The molecule has 1 N–H and O–H groups in total. The lowest BCUT2D eigenvalue weighted by molar-refractivity contribution is -0.142. The monoisotopic (exact) mass is 303 g/mol. The van der Waals surface area contributed by atoms with E-state index < -0.39 is 0 Å². The third-order valence-corrected chi connectivity index (χ3v) is 4.90. The van der Waals surface area contributed by atoms with Crippen LogP contribution in [0.5, 0.6) is 0 Å². The highest BCUT2D eigenvalue weighted by atomic mass is 16.2. The number of rotatable bonds is 3. The summed E-state index contributed by atoms with van der Waals surface area (Å²) in [5, 5.41) is 0. The smallest absolute Gasteiger partial charge is 0.228 e. The number of aromatic nitrogens is 1. The molecule has 2 heterocycles. The van der Waals surface area contributed by atoms with Crippen molar-refractivity contribution in [3.63, 3.8) is 0 Å². The van der Waals surface area contributed by atoms with Gasteiger partial charge < -0.3 is 14.8 Å². The van der Waals surface area contributed by atoms with Crippen molar-refractivity contribution in [2.24, 2.45) is 5.92 Å². The fourth-order valence-electron chi connectivity index (χ4n) is 3.54. The van der Waals surface area contributed by atoms with Gasteiger partial charge in [0.05, 0.1) is 6.42 Å². The standard InChI is InChI=1S/C17H25N3O2/c21-16(13-15-7-4-8-18-15)19-9-11-20(12-10-19)17(22)14-5-2-1-3-6-14/h4,7-8,14,18H,1-3,5-6,9-13H2. The molecule has 3 rings (SSSR count). The first-order valence-electron chi connectivity index (χ1n) is 8.43. The van der Waals surface area contributed by atoms with Crippen molar-refractivity contribution in [2.45, 2.75) is 38.5 Å². The fourth-order valence-corrected chi connectivity index (χ4v) is 3.54. The van der Waals surface area contributed by atoms with Crippen molar-refractivity contribution in [2.75, 3.05) is 26.2 Å². The number of H-pyrrole nitrogens is 1. The molecule has 0 radical (unpaired) electrons. The van der Waals surface area contributed by atoms with E-state index in [2.05, 4.69) is 4.98 Å². The van der Waals surface area contributed by atoms with Gasteiger partial charge in [-0.25, -0.2) is 0 Å². The van der Waals surface area contributed by atoms with Crippen LogP contribution >= 0.6 is 0 Å². The normalized spacial score (nSPS) is 20.2. The van der Waals surface area contributed by atoms with Gasteiger partial charge in [0, 0.05) is 44.0 Å². The molecule has 0 atom stereocenters. The second-order valence-corrected chi connectivity index (χ2v) is 6.41. The molecule has 0 spiro atoms. The first-order chi connectivity index (χ1) is 10.7. The van der Waals surface area contributed by atoms with Crippen molar-refractivity contribution < 1.29 is 9.59 Å². The van der Waals surface area contributed by atoms with Crippen molar-refractivity contribution in [1.82, 2.24) is 14.8 Å². The molecule has 1 aromatic heterocycles. The molecular weight excluding hydrogens is 278 g/mol. The van der Waals surface area contributed by atoms with Gasteiger partial charge in [0.25, 0.3) is 0 Å². The van der Waals surface area contributed by atoms with Gasteiger partial charge in [-0.3, -0.25) is 9.59 Å². The molecule has 2 fully saturated rings. The zero-order valence-corrected chi connectivity index (χ0v) is 13.1. The molecular formula is C17H25N3O2. The number of nitrogens with one attached hydrogen (secondary N) is 1. The zero-order chi connectivity index (χ0) is 15.4. The highest BCUT2D eigenvalue weighted by Gasteiger charge is 2.29. The van der Waals surface area contributed by atoms with Crippen molar-refractivity contribution in [3.05, 3.63) is 24.0 Å². The van der Waals surface area contributed by atoms with E-state index in [0.29, 0.717) is 38.5 Å². The third kappa shape index (κ3) is 3.51. The lowest BCUT2D eigenvalue weighted by Crippen LogP contribution is -2.52.